The van der Waals surface area contributed by atoms with Crippen LogP contribution in [0.15, 0.2) is 30.4 Å². The Labute approximate surface area is 180 Å². The van der Waals surface area contributed by atoms with E-state index in [-0.39, 0.29) is 6.07 Å². The number of hydrogen-bond donors (Lipinski definition) is 3. The summed E-state index contributed by atoms with van der Waals surface area (Å²) in [6, 6.07) is -1.72. The van der Waals surface area contributed by atoms with Crippen molar-refractivity contribution in [3.8, 4) is 11.8 Å². The molecule has 33 heavy (non-hydrogen) atoms. The van der Waals surface area contributed by atoms with Gasteiger partial charge in [-0.1, -0.05) is 24.3 Å². The number of nitrogens with zero attached hydrogens (tertiary/aromatic N) is 2. The summed E-state index contributed by atoms with van der Waals surface area (Å²) in [4.78, 5) is 29.5. The van der Waals surface area contributed by atoms with Gasteiger partial charge >= 0.3 is 24.7 Å². The average Bonchev–Trinajstić information content (AvgIpc) is 2.57. The summed E-state index contributed by atoms with van der Waals surface area (Å²) in [5.74, 6) is -7.50. The third-order valence-electron chi connectivity index (χ3n) is 3.88. The van der Waals surface area contributed by atoms with Gasteiger partial charge in [-0.3, -0.25) is 10.1 Å². The lowest BCUT2D eigenvalue weighted by atomic mass is 9.89. The predicted octanol–water partition coefficient (Wildman–Crippen LogP) is 2.31. The number of carbonyl (C=O) groups excluding carboxylic acids is 1. The molecule has 182 valence electrons. The number of hydrogen-bond acceptors (Lipinski definition) is 8. The first-order valence-electron chi connectivity index (χ1n) is 8.24. The number of sulfonamides is 1. The van der Waals surface area contributed by atoms with Crippen molar-refractivity contribution >= 4 is 28.0 Å². The van der Waals surface area contributed by atoms with E-state index in [0.29, 0.717) is 0 Å². The second-order valence-electron chi connectivity index (χ2n) is 6.27. The van der Waals surface area contributed by atoms with Crippen LogP contribution in [0, 0.1) is 5.92 Å². The fraction of sp³-hybridized carbons (Fsp3) is 0.333. The minimum Gasteiger partial charge on any atom is -0.481 e. The van der Waals surface area contributed by atoms with E-state index in [1.165, 1.54) is 22.2 Å². The number of allylic oxidation sites excluding steroid dienone is 2. The van der Waals surface area contributed by atoms with E-state index < -0.39 is 63.1 Å². The number of rotatable bonds is 6. The predicted molar refractivity (Wildman–Crippen MR) is 94.3 cm³/mol. The van der Waals surface area contributed by atoms with Crippen LogP contribution >= 0.6 is 0 Å². The number of urea groups is 1. The van der Waals surface area contributed by atoms with Crippen molar-refractivity contribution in [3.05, 3.63) is 30.4 Å². The maximum atomic E-state index is 12.6. The number of aromatic nitrogens is 2. The van der Waals surface area contributed by atoms with Crippen molar-refractivity contribution < 1.29 is 58.9 Å². The summed E-state index contributed by atoms with van der Waals surface area (Å²) in [5, 5.41) is 10.8. The molecule has 2 atom stereocenters. The monoisotopic (exact) mass is 506 g/mol. The molecule has 0 spiro atoms. The number of carboxylic acids is 1. The Morgan fingerprint density at radius 1 is 1.06 bits per heavy atom. The van der Waals surface area contributed by atoms with Crippen LogP contribution in [-0.4, -0.2) is 53.0 Å². The molecule has 18 heteroatoms. The van der Waals surface area contributed by atoms with Crippen molar-refractivity contribution in [2.24, 2.45) is 5.92 Å². The summed E-state index contributed by atoms with van der Waals surface area (Å²) in [7, 11) is -4.83. The van der Waals surface area contributed by atoms with Crippen LogP contribution in [0.3, 0.4) is 0 Å². The Hall–Kier alpha value is -3.57. The molecule has 3 N–H and O–H groups in total. The zero-order chi connectivity index (χ0) is 25.2. The molecule has 0 saturated heterocycles. The number of nitrogens with one attached hydrogen (secondary N) is 2. The maximum Gasteiger partial charge on any atom is 0.574 e. The van der Waals surface area contributed by atoms with Crippen LogP contribution in [0.25, 0.3) is 0 Å². The number of halogens is 6. The largest absolute Gasteiger partial charge is 0.574 e. The lowest BCUT2D eigenvalue weighted by Gasteiger charge is -2.31. The van der Waals surface area contributed by atoms with Gasteiger partial charge in [0.25, 0.3) is 0 Å². The van der Waals surface area contributed by atoms with Crippen molar-refractivity contribution in [2.45, 2.75) is 24.4 Å². The van der Waals surface area contributed by atoms with Crippen molar-refractivity contribution in [1.82, 2.24) is 14.7 Å². The molecule has 11 nitrogen and oxygen atoms in total. The van der Waals surface area contributed by atoms with Crippen LogP contribution in [-0.2, 0) is 14.8 Å². The number of carboxylic acid groups (broad SMARTS) is 1. The minimum absolute atomic E-state index is 0.0124. The summed E-state index contributed by atoms with van der Waals surface area (Å²) in [6.45, 7) is 0.963. The SMILES string of the molecule is CC1(S(=O)(=O)NC(=O)Nc2nc(OC(F)(F)F)cc(OC(F)(F)F)n2)C=CC=CC1C(=O)O. The van der Waals surface area contributed by atoms with E-state index >= 15 is 0 Å². The van der Waals surface area contributed by atoms with E-state index in [1.807, 2.05) is 0 Å². The number of aliphatic carboxylic acids is 1. The summed E-state index contributed by atoms with van der Waals surface area (Å²) in [5.41, 5.74) is 0. The van der Waals surface area contributed by atoms with E-state index in [9.17, 15) is 49.5 Å². The average molecular weight is 506 g/mol. The molecule has 0 bridgehead atoms. The molecular weight excluding hydrogens is 494 g/mol. The number of anilines is 1. The number of carbonyl (C=O) groups is 2. The highest BCUT2D eigenvalue weighted by atomic mass is 32.2. The molecule has 0 aliphatic heterocycles. The third kappa shape index (κ3) is 6.70. The smallest absolute Gasteiger partial charge is 0.481 e. The van der Waals surface area contributed by atoms with Crippen molar-refractivity contribution in [2.75, 3.05) is 5.32 Å². The van der Waals surface area contributed by atoms with Crippen LogP contribution in [0.2, 0.25) is 0 Å². The normalized spacial score (nSPS) is 20.8. The van der Waals surface area contributed by atoms with Crippen LogP contribution < -0.4 is 19.5 Å². The zero-order valence-electron chi connectivity index (χ0n) is 15.9. The molecule has 2 unspecified atom stereocenters. The highest BCUT2D eigenvalue weighted by Crippen LogP contribution is 2.32. The van der Waals surface area contributed by atoms with Crippen LogP contribution in [0.4, 0.5) is 37.1 Å². The molecule has 2 amide bonds. The molecule has 1 aliphatic carbocycles. The molecule has 0 fully saturated rings. The molecule has 0 aromatic carbocycles. The lowest BCUT2D eigenvalue weighted by molar-refractivity contribution is -0.278. The first-order chi connectivity index (χ1) is 14.9. The van der Waals surface area contributed by atoms with Crippen LogP contribution in [0.5, 0.6) is 11.8 Å². The molecule has 1 aromatic heterocycles. The van der Waals surface area contributed by atoms with Gasteiger partial charge in [0.05, 0.1) is 12.0 Å². The molecule has 1 aliphatic rings. The van der Waals surface area contributed by atoms with Gasteiger partial charge in [-0.2, -0.15) is 9.97 Å². The first kappa shape index (κ1) is 25.7. The Morgan fingerprint density at radius 2 is 1.58 bits per heavy atom. The number of ether oxygens (including phenoxy) is 2. The topological polar surface area (TPSA) is 157 Å². The zero-order valence-corrected chi connectivity index (χ0v) is 16.7. The Morgan fingerprint density at radius 3 is 2.03 bits per heavy atom. The molecule has 0 saturated carbocycles. The lowest BCUT2D eigenvalue weighted by Crippen LogP contribution is -2.52. The number of alkyl halides is 6. The van der Waals surface area contributed by atoms with E-state index in [2.05, 4.69) is 19.4 Å². The molecule has 1 aromatic rings. The maximum absolute atomic E-state index is 12.6. The molecule has 2 rings (SSSR count). The van der Waals surface area contributed by atoms with Crippen molar-refractivity contribution in [1.29, 1.82) is 0 Å². The van der Waals surface area contributed by atoms with Crippen molar-refractivity contribution in [3.63, 3.8) is 0 Å². The second-order valence-corrected chi connectivity index (χ2v) is 8.36. The minimum atomic E-state index is -5.39. The first-order valence-corrected chi connectivity index (χ1v) is 9.73. The standard InChI is InChI=1S/C15H12F6N4O7S/c1-13(5-3-2-4-7(13)10(26)27)33(29,30)25-12(28)24-11-22-8(31-14(16,17)18)6-9(23-11)32-15(19,20)21/h2-7H,1H3,(H,26,27)(H2,22,23,24,25,28). The van der Waals surface area contributed by atoms with Gasteiger partial charge in [-0.25, -0.2) is 17.9 Å². The highest BCUT2D eigenvalue weighted by molar-refractivity contribution is 7.91. The molecule has 0 radical (unpaired) electrons. The Bertz CT molecular complexity index is 1070. The van der Waals surface area contributed by atoms with Gasteiger partial charge in [-0.15, -0.1) is 26.3 Å². The quantitative estimate of drug-likeness (QED) is 0.493. The third-order valence-corrected chi connectivity index (χ3v) is 5.88. The molecular formula is C15H12F6N4O7S. The van der Waals surface area contributed by atoms with Gasteiger partial charge in [-0.05, 0) is 6.92 Å². The van der Waals surface area contributed by atoms with Crippen LogP contribution in [0.1, 0.15) is 6.92 Å². The summed E-state index contributed by atoms with van der Waals surface area (Å²) in [6.07, 6.45) is -6.36. The number of amides is 2. The second kappa shape index (κ2) is 8.75. The van der Waals surface area contributed by atoms with E-state index in [0.717, 1.165) is 19.1 Å². The van der Waals surface area contributed by atoms with E-state index in [4.69, 9.17) is 0 Å². The van der Waals surface area contributed by atoms with Gasteiger partial charge in [0, 0.05) is 0 Å². The Balaban J connectivity index is 2.30. The van der Waals surface area contributed by atoms with Gasteiger partial charge in [0.2, 0.25) is 27.7 Å². The fourth-order valence-electron chi connectivity index (χ4n) is 2.46. The Kier molecular flexibility index (Phi) is 6.82. The molecule has 1 heterocycles. The van der Waals surface area contributed by atoms with Gasteiger partial charge < -0.3 is 14.6 Å². The summed E-state index contributed by atoms with van der Waals surface area (Å²) < 4.78 is 106. The fourth-order valence-corrected chi connectivity index (χ4v) is 3.75. The highest BCUT2D eigenvalue weighted by Gasteiger charge is 2.48. The summed E-state index contributed by atoms with van der Waals surface area (Å²) >= 11 is 0. The van der Waals surface area contributed by atoms with Gasteiger partial charge in [0.15, 0.2) is 0 Å². The van der Waals surface area contributed by atoms with Gasteiger partial charge in [0.1, 0.15) is 4.75 Å². The van der Waals surface area contributed by atoms with E-state index in [1.54, 1.807) is 0 Å².